The van der Waals surface area contributed by atoms with E-state index in [0.29, 0.717) is 0 Å². The van der Waals surface area contributed by atoms with Crippen molar-refractivity contribution in [3.8, 4) is 0 Å². The van der Waals surface area contributed by atoms with Gasteiger partial charge in [0, 0.05) is 0 Å². The van der Waals surface area contributed by atoms with Crippen LogP contribution in [0.25, 0.3) is 4.65 Å². The molecule has 0 bridgehead atoms. The summed E-state index contributed by atoms with van der Waals surface area (Å²) >= 11 is 0. The van der Waals surface area contributed by atoms with E-state index in [1.54, 1.807) is 0 Å². The van der Waals surface area contributed by atoms with Gasteiger partial charge in [-0.2, -0.15) is 0 Å². The second-order valence-corrected chi connectivity index (χ2v) is 20.2. The zero-order chi connectivity index (χ0) is 17.2. The predicted molar refractivity (Wildman–Crippen MR) is 105 cm³/mol. The van der Waals surface area contributed by atoms with Gasteiger partial charge in [0.15, 0.2) is 0 Å². The van der Waals surface area contributed by atoms with E-state index >= 15 is 0 Å². The quantitative estimate of drug-likeness (QED) is 0.405. The van der Waals surface area contributed by atoms with Crippen LogP contribution < -0.4 is 0 Å². The van der Waals surface area contributed by atoms with Crippen molar-refractivity contribution >= 4 is 16.5 Å². The van der Waals surface area contributed by atoms with Gasteiger partial charge >= 0.3 is 0 Å². The summed E-state index contributed by atoms with van der Waals surface area (Å²) in [6.07, 6.45) is 0. The molecule has 0 radical (unpaired) electrons. The molecule has 0 aromatic rings. The van der Waals surface area contributed by atoms with Gasteiger partial charge in [-0.25, -0.2) is 0 Å². The molecule has 0 saturated heterocycles. The second kappa shape index (κ2) is 7.78. The normalized spacial score (nSPS) is 14.6. The Bertz CT molecular complexity index is 233. The van der Waals surface area contributed by atoms with Crippen molar-refractivity contribution in [2.75, 3.05) is 0 Å². The minimum absolute atomic E-state index is 0.737. The van der Waals surface area contributed by atoms with Crippen molar-refractivity contribution in [3.63, 3.8) is 0 Å². The Morgan fingerprint density at radius 1 is 0.381 bits per heavy atom. The van der Waals surface area contributed by atoms with Gasteiger partial charge in [0.2, 0.25) is 0 Å². The third-order valence-electron chi connectivity index (χ3n) is 5.94. The van der Waals surface area contributed by atoms with Gasteiger partial charge in [-0.3, -0.25) is 0 Å². The largest absolute Gasteiger partial charge is 0.665 e. The van der Waals surface area contributed by atoms with Gasteiger partial charge in [0.1, 0.15) is 0 Å². The van der Waals surface area contributed by atoms with E-state index in [1.165, 1.54) is 0 Å². The fourth-order valence-corrected chi connectivity index (χ4v) is 22.0. The average molecular weight is 329 g/mol. The van der Waals surface area contributed by atoms with Crippen LogP contribution >= 0.6 is 0 Å². The van der Waals surface area contributed by atoms with E-state index < -0.39 is 16.5 Å². The average Bonchev–Trinajstić information content (AvgIpc) is 2.26. The minimum Gasteiger partial charge on any atom is -0.665 e. The van der Waals surface area contributed by atoms with Crippen molar-refractivity contribution < 1.29 is 0 Å². The molecular weight excluding hydrogens is 286 g/mol. The van der Waals surface area contributed by atoms with Crippen molar-refractivity contribution in [3.05, 3.63) is 4.65 Å². The van der Waals surface area contributed by atoms with Crippen LogP contribution in [0, 0.1) is 0 Å². The number of rotatable bonds is 8. The Morgan fingerprint density at radius 2 is 0.524 bits per heavy atom. The Kier molecular flexibility index (Phi) is 7.93. The third kappa shape index (κ3) is 3.84. The highest BCUT2D eigenvalue weighted by molar-refractivity contribution is 7.06. The molecule has 0 aromatic carbocycles. The highest BCUT2D eigenvalue weighted by atomic mass is 28.4. The van der Waals surface area contributed by atoms with E-state index in [4.69, 9.17) is 4.65 Å². The molecule has 0 amide bonds. The number of hydrogen-bond acceptors (Lipinski definition) is 0. The van der Waals surface area contributed by atoms with Gasteiger partial charge in [-0.15, -0.1) is 0 Å². The molecule has 0 fully saturated rings. The minimum atomic E-state index is -1.66. The van der Waals surface area contributed by atoms with Crippen LogP contribution in [-0.4, -0.2) is 16.5 Å². The van der Waals surface area contributed by atoms with E-state index in [2.05, 4.69) is 83.1 Å². The molecule has 1 nitrogen and oxygen atoms in total. The molecule has 0 aliphatic heterocycles. The first-order chi connectivity index (χ1) is 9.37. The molecule has 0 unspecified atom stereocenters. The summed E-state index contributed by atoms with van der Waals surface area (Å²) in [5.41, 5.74) is 4.42. The summed E-state index contributed by atoms with van der Waals surface area (Å²) < 4.78 is 6.01. The summed E-state index contributed by atoms with van der Waals surface area (Å²) in [7, 11) is -3.33. The van der Waals surface area contributed by atoms with Crippen LogP contribution in [0.2, 0.25) is 33.2 Å². The highest BCUT2D eigenvalue weighted by Crippen LogP contribution is 2.55. The van der Waals surface area contributed by atoms with E-state index in [9.17, 15) is 0 Å². The van der Waals surface area contributed by atoms with Crippen LogP contribution in [0.15, 0.2) is 0 Å². The molecule has 0 aromatic heterocycles. The molecule has 0 heterocycles. The molecule has 3 heteroatoms. The highest BCUT2D eigenvalue weighted by Gasteiger charge is 2.42. The van der Waals surface area contributed by atoms with Crippen molar-refractivity contribution in [1.82, 2.24) is 0 Å². The Balaban J connectivity index is 6.06. The molecule has 21 heavy (non-hydrogen) atoms. The molecule has 0 N–H and O–H groups in total. The fraction of sp³-hybridized carbons (Fsp3) is 1.00. The van der Waals surface area contributed by atoms with Gasteiger partial charge in [-0.1, -0.05) is 116 Å². The Labute approximate surface area is 137 Å². The molecular formula is C18H42NSi2-. The van der Waals surface area contributed by atoms with E-state index in [0.717, 1.165) is 33.2 Å². The van der Waals surface area contributed by atoms with Gasteiger partial charge < -0.3 is 4.65 Å². The smallest absolute Gasteiger partial charge is 0.0483 e. The maximum absolute atomic E-state index is 6.01. The molecule has 0 spiro atoms. The lowest BCUT2D eigenvalue weighted by Crippen LogP contribution is -2.56. The first-order valence-corrected chi connectivity index (χ1v) is 13.5. The first-order valence-electron chi connectivity index (χ1n) is 9.11. The predicted octanol–water partition coefficient (Wildman–Crippen LogP) is 7.71. The lowest BCUT2D eigenvalue weighted by atomic mass is 10.5. The Hall–Kier alpha value is 0.394. The van der Waals surface area contributed by atoms with Gasteiger partial charge in [0.05, 0.1) is 0 Å². The lowest BCUT2D eigenvalue weighted by molar-refractivity contribution is 0.801. The van der Waals surface area contributed by atoms with Crippen molar-refractivity contribution in [1.29, 1.82) is 0 Å². The van der Waals surface area contributed by atoms with Crippen LogP contribution in [0.5, 0.6) is 0 Å². The first kappa shape index (κ1) is 21.4. The fourth-order valence-electron chi connectivity index (χ4n) is 5.11. The summed E-state index contributed by atoms with van der Waals surface area (Å²) in [5.74, 6) is 0. The molecule has 0 saturated carbocycles. The summed E-state index contributed by atoms with van der Waals surface area (Å²) in [6.45, 7) is 29.3. The topological polar surface area (TPSA) is 14.1 Å². The van der Waals surface area contributed by atoms with Crippen LogP contribution in [0.1, 0.15) is 83.1 Å². The van der Waals surface area contributed by atoms with Gasteiger partial charge in [0.25, 0.3) is 0 Å². The monoisotopic (exact) mass is 328 g/mol. The summed E-state index contributed by atoms with van der Waals surface area (Å²) in [6, 6.07) is 0. The standard InChI is InChI=1S/C18H42NSi2/c1-13(2)20(14(3)4,15(5)6)19-21(16(7)8,17(9)10)18(11)12/h13-18H,1-12H3/q-1. The third-order valence-corrected chi connectivity index (χ3v) is 20.1. The molecule has 0 aliphatic carbocycles. The van der Waals surface area contributed by atoms with E-state index in [1.807, 2.05) is 0 Å². The van der Waals surface area contributed by atoms with Crippen LogP contribution in [-0.2, 0) is 0 Å². The SMILES string of the molecule is CC(C)[Si]([N-][Si](C(C)C)(C(C)C)C(C)C)(C(C)C)C(C)C. The zero-order valence-corrected chi connectivity index (χ0v) is 18.9. The second-order valence-electron chi connectivity index (χ2n) is 8.81. The maximum atomic E-state index is 6.01. The molecule has 128 valence electrons. The van der Waals surface area contributed by atoms with Gasteiger partial charge in [-0.05, 0) is 16.5 Å². The lowest BCUT2D eigenvalue weighted by Gasteiger charge is -2.67. The van der Waals surface area contributed by atoms with Crippen molar-refractivity contribution in [2.45, 2.75) is 116 Å². The molecule has 0 atom stereocenters. The summed E-state index contributed by atoms with van der Waals surface area (Å²) in [4.78, 5) is 0. The number of nitrogens with zero attached hydrogens (tertiary/aromatic N) is 1. The van der Waals surface area contributed by atoms with Crippen LogP contribution in [0.3, 0.4) is 0 Å². The summed E-state index contributed by atoms with van der Waals surface area (Å²) in [5, 5.41) is 0. The molecule has 0 rings (SSSR count). The zero-order valence-electron chi connectivity index (χ0n) is 16.9. The van der Waals surface area contributed by atoms with Crippen LogP contribution in [0.4, 0.5) is 0 Å². The number of hydrogen-bond donors (Lipinski definition) is 0. The molecule has 0 aliphatic rings. The Morgan fingerprint density at radius 3 is 0.619 bits per heavy atom. The van der Waals surface area contributed by atoms with E-state index in [-0.39, 0.29) is 0 Å². The van der Waals surface area contributed by atoms with Crippen molar-refractivity contribution in [2.24, 2.45) is 0 Å². The maximum Gasteiger partial charge on any atom is -0.0483 e.